The Labute approximate surface area is 206 Å². The summed E-state index contributed by atoms with van der Waals surface area (Å²) >= 11 is 0. The van der Waals surface area contributed by atoms with Crippen LogP contribution in [0.1, 0.15) is 24.2 Å². The van der Waals surface area contributed by atoms with Gasteiger partial charge in [0.2, 0.25) is 0 Å². The minimum Gasteiger partial charge on any atom is -0.351 e. The Bertz CT molecular complexity index is 1510. The average molecular weight is 492 g/mol. The molecule has 186 valence electrons. The van der Waals surface area contributed by atoms with Gasteiger partial charge in [-0.3, -0.25) is 14.2 Å². The van der Waals surface area contributed by atoms with Gasteiger partial charge in [-0.2, -0.15) is 0 Å². The van der Waals surface area contributed by atoms with Gasteiger partial charge in [-0.25, -0.2) is 18.7 Å². The largest absolute Gasteiger partial charge is 0.351 e. The van der Waals surface area contributed by atoms with Crippen molar-refractivity contribution < 1.29 is 9.18 Å². The summed E-state index contributed by atoms with van der Waals surface area (Å²) in [5, 5.41) is 11.1. The van der Waals surface area contributed by atoms with Crippen LogP contribution in [0.25, 0.3) is 28.2 Å². The van der Waals surface area contributed by atoms with E-state index >= 15 is 0 Å². The van der Waals surface area contributed by atoms with Gasteiger partial charge in [0.25, 0.3) is 11.5 Å². The van der Waals surface area contributed by atoms with Crippen LogP contribution in [0.5, 0.6) is 0 Å². The van der Waals surface area contributed by atoms with Crippen LogP contribution in [0.15, 0.2) is 58.1 Å². The summed E-state index contributed by atoms with van der Waals surface area (Å²) in [7, 11) is 1.33. The van der Waals surface area contributed by atoms with Crippen molar-refractivity contribution >= 4 is 17.1 Å². The van der Waals surface area contributed by atoms with Crippen LogP contribution >= 0.6 is 0 Å². The van der Waals surface area contributed by atoms with Gasteiger partial charge in [0.15, 0.2) is 17.0 Å². The quantitative estimate of drug-likeness (QED) is 0.399. The minimum absolute atomic E-state index is 0.0392. The Hall–Kier alpha value is -4.25. The van der Waals surface area contributed by atoms with Crippen molar-refractivity contribution in [1.29, 1.82) is 0 Å². The topological polar surface area (TPSA) is 115 Å². The zero-order valence-corrected chi connectivity index (χ0v) is 20.2. The molecule has 0 saturated heterocycles. The van der Waals surface area contributed by atoms with Gasteiger partial charge < -0.3 is 10.2 Å². The van der Waals surface area contributed by atoms with Crippen molar-refractivity contribution in [3.63, 3.8) is 0 Å². The van der Waals surface area contributed by atoms with E-state index in [0.717, 1.165) is 28.8 Å². The highest BCUT2D eigenvalue weighted by Crippen LogP contribution is 2.17. The van der Waals surface area contributed by atoms with E-state index in [9.17, 15) is 18.8 Å². The molecule has 11 heteroatoms. The number of carbonyl (C=O) groups is 1. The number of halogens is 1. The monoisotopic (exact) mass is 491 g/mol. The predicted octanol–water partition coefficient (Wildman–Crippen LogP) is 1.75. The molecule has 36 heavy (non-hydrogen) atoms. The predicted molar refractivity (Wildman–Crippen MR) is 134 cm³/mol. The summed E-state index contributed by atoms with van der Waals surface area (Å²) in [6.45, 7) is 7.30. The van der Waals surface area contributed by atoms with Gasteiger partial charge in [-0.05, 0) is 49.5 Å². The summed E-state index contributed by atoms with van der Waals surface area (Å²) in [6.07, 6.45) is 0. The number of rotatable bonds is 8. The number of nitrogens with one attached hydrogen (secondary N) is 1. The maximum atomic E-state index is 13.4. The van der Waals surface area contributed by atoms with Crippen molar-refractivity contribution in [1.82, 2.24) is 34.5 Å². The molecule has 2 heterocycles. The summed E-state index contributed by atoms with van der Waals surface area (Å²) in [6, 6.07) is 11.8. The number of amides is 1. The zero-order chi connectivity index (χ0) is 25.8. The standard InChI is InChI=1S/C25H26FN7O3/c1-4-32(5-2)15-14-27-23(34)17-8-6-16(7-9-17)21-28-20-22(30-29-21)33(25(36)31(3)24(20)35)19-12-10-18(26)11-13-19/h6-13H,4-5,14-15H2,1-3H3,(H,27,34). The fraction of sp³-hybridized carbons (Fsp3) is 0.280. The lowest BCUT2D eigenvalue weighted by atomic mass is 10.1. The first-order chi connectivity index (χ1) is 17.3. The molecule has 0 unspecified atom stereocenters. The number of carbonyl (C=O) groups excluding carboxylic acids is 1. The molecular formula is C25H26FN7O3. The van der Waals surface area contributed by atoms with Crippen LogP contribution < -0.4 is 16.6 Å². The van der Waals surface area contributed by atoms with Crippen molar-refractivity contribution in [3.8, 4) is 17.1 Å². The molecule has 1 amide bonds. The van der Waals surface area contributed by atoms with E-state index in [1.165, 1.54) is 31.3 Å². The van der Waals surface area contributed by atoms with E-state index in [0.29, 0.717) is 23.4 Å². The third-order valence-electron chi connectivity index (χ3n) is 5.96. The Balaban J connectivity index is 1.64. The number of hydrogen-bond donors (Lipinski definition) is 1. The Morgan fingerprint density at radius 1 is 1.00 bits per heavy atom. The van der Waals surface area contributed by atoms with Crippen LogP contribution in [0, 0.1) is 5.82 Å². The van der Waals surface area contributed by atoms with Gasteiger partial charge in [-0.1, -0.05) is 26.0 Å². The van der Waals surface area contributed by atoms with E-state index < -0.39 is 17.1 Å². The number of aromatic nitrogens is 5. The third kappa shape index (κ3) is 4.91. The molecule has 0 atom stereocenters. The summed E-state index contributed by atoms with van der Waals surface area (Å²) in [4.78, 5) is 44.6. The van der Waals surface area contributed by atoms with E-state index in [2.05, 4.69) is 39.2 Å². The van der Waals surface area contributed by atoms with Crippen molar-refractivity contribution in [2.24, 2.45) is 7.05 Å². The average Bonchev–Trinajstić information content (AvgIpc) is 2.91. The molecule has 1 N–H and O–H groups in total. The molecule has 10 nitrogen and oxygen atoms in total. The first-order valence-electron chi connectivity index (χ1n) is 11.6. The first kappa shape index (κ1) is 24.9. The summed E-state index contributed by atoms with van der Waals surface area (Å²) in [5.74, 6) is -0.491. The lowest BCUT2D eigenvalue weighted by Crippen LogP contribution is -2.38. The molecule has 0 saturated carbocycles. The number of fused-ring (bicyclic) bond motifs is 1. The third-order valence-corrected chi connectivity index (χ3v) is 5.96. The molecule has 4 rings (SSSR count). The molecule has 0 radical (unpaired) electrons. The Morgan fingerprint density at radius 2 is 1.67 bits per heavy atom. The van der Waals surface area contributed by atoms with Crippen LogP contribution in [-0.2, 0) is 7.05 Å². The molecular weight excluding hydrogens is 465 g/mol. The highest BCUT2D eigenvalue weighted by atomic mass is 19.1. The van der Waals surface area contributed by atoms with Gasteiger partial charge >= 0.3 is 5.69 Å². The number of likely N-dealkylation sites (N-methyl/N-ethyl adjacent to an activating group) is 1. The normalized spacial score (nSPS) is 11.2. The molecule has 0 spiro atoms. The summed E-state index contributed by atoms with van der Waals surface area (Å²) < 4.78 is 15.5. The molecule has 0 fully saturated rings. The lowest BCUT2D eigenvalue weighted by molar-refractivity contribution is 0.0949. The van der Waals surface area contributed by atoms with E-state index in [4.69, 9.17) is 0 Å². The maximum Gasteiger partial charge on any atom is 0.337 e. The van der Waals surface area contributed by atoms with E-state index in [1.807, 2.05) is 0 Å². The van der Waals surface area contributed by atoms with E-state index in [1.54, 1.807) is 24.3 Å². The van der Waals surface area contributed by atoms with Gasteiger partial charge in [0.05, 0.1) is 5.69 Å². The van der Waals surface area contributed by atoms with Gasteiger partial charge in [0, 0.05) is 31.3 Å². The molecule has 0 aliphatic rings. The maximum absolute atomic E-state index is 13.4. The second-order valence-electron chi connectivity index (χ2n) is 8.13. The molecule has 2 aromatic heterocycles. The van der Waals surface area contributed by atoms with Crippen molar-refractivity contribution in [2.75, 3.05) is 26.2 Å². The van der Waals surface area contributed by atoms with E-state index in [-0.39, 0.29) is 22.9 Å². The second-order valence-corrected chi connectivity index (χ2v) is 8.13. The second kappa shape index (κ2) is 10.6. The van der Waals surface area contributed by atoms with Crippen LogP contribution in [0.2, 0.25) is 0 Å². The molecule has 0 aliphatic carbocycles. The smallest absolute Gasteiger partial charge is 0.337 e. The van der Waals surface area contributed by atoms with Crippen LogP contribution in [0.4, 0.5) is 4.39 Å². The fourth-order valence-corrected chi connectivity index (χ4v) is 3.79. The van der Waals surface area contributed by atoms with Crippen molar-refractivity contribution in [2.45, 2.75) is 13.8 Å². The highest BCUT2D eigenvalue weighted by Gasteiger charge is 2.17. The molecule has 4 aromatic rings. The molecule has 2 aromatic carbocycles. The minimum atomic E-state index is -0.653. The zero-order valence-electron chi connectivity index (χ0n) is 20.2. The molecule has 0 bridgehead atoms. The Morgan fingerprint density at radius 3 is 2.31 bits per heavy atom. The van der Waals surface area contributed by atoms with Gasteiger partial charge in [-0.15, -0.1) is 10.2 Å². The number of nitrogens with zero attached hydrogens (tertiary/aromatic N) is 6. The first-order valence-corrected chi connectivity index (χ1v) is 11.6. The highest BCUT2D eigenvalue weighted by molar-refractivity contribution is 5.94. The SMILES string of the molecule is CCN(CC)CCNC(=O)c1ccc(-c2nnc3c(n2)c(=O)n(C)c(=O)n3-c2ccc(F)cc2)cc1. The molecule has 0 aliphatic heterocycles. The fourth-order valence-electron chi connectivity index (χ4n) is 3.79. The van der Waals surface area contributed by atoms with Crippen LogP contribution in [-0.4, -0.2) is 61.3 Å². The lowest BCUT2D eigenvalue weighted by Gasteiger charge is -2.17. The van der Waals surface area contributed by atoms with Gasteiger partial charge in [0.1, 0.15) is 5.82 Å². The van der Waals surface area contributed by atoms with Crippen LogP contribution in [0.3, 0.4) is 0 Å². The Kier molecular flexibility index (Phi) is 7.30. The number of hydrogen-bond acceptors (Lipinski definition) is 7. The number of benzene rings is 2. The van der Waals surface area contributed by atoms with Crippen molar-refractivity contribution in [3.05, 3.63) is 80.7 Å². The summed E-state index contributed by atoms with van der Waals surface area (Å²) in [5.41, 5.74) is -0.0404.